The van der Waals surface area contributed by atoms with Crippen LogP contribution in [0.5, 0.6) is 0 Å². The fourth-order valence-corrected chi connectivity index (χ4v) is 1.73. The predicted molar refractivity (Wildman–Crippen MR) is 70.8 cm³/mol. The quantitative estimate of drug-likeness (QED) is 0.918. The molecule has 1 heterocycles. The van der Waals surface area contributed by atoms with Crippen LogP contribution < -0.4 is 5.73 Å². The van der Waals surface area contributed by atoms with Crippen LogP contribution in [-0.4, -0.2) is 22.8 Å². The van der Waals surface area contributed by atoms with E-state index in [0.29, 0.717) is 17.9 Å². The van der Waals surface area contributed by atoms with E-state index < -0.39 is 0 Å². The van der Waals surface area contributed by atoms with E-state index in [1.807, 2.05) is 0 Å². The van der Waals surface area contributed by atoms with E-state index in [1.165, 1.54) is 23.2 Å². The predicted octanol–water partition coefficient (Wildman–Crippen LogP) is 2.08. The average Bonchev–Trinajstić information content (AvgIpc) is 2.39. The number of aromatic nitrogens is 1. The fourth-order valence-electron chi connectivity index (χ4n) is 1.73. The van der Waals surface area contributed by atoms with Crippen LogP contribution in [0.25, 0.3) is 0 Å². The Labute approximate surface area is 110 Å². The van der Waals surface area contributed by atoms with E-state index in [9.17, 15) is 9.18 Å². The Balaban J connectivity index is 2.09. The first-order valence-corrected chi connectivity index (χ1v) is 5.77. The number of benzene rings is 1. The van der Waals surface area contributed by atoms with Gasteiger partial charge in [0.15, 0.2) is 0 Å². The number of carbonyl (C=O) groups is 1. The molecule has 2 rings (SSSR count). The summed E-state index contributed by atoms with van der Waals surface area (Å²) in [6.07, 6.45) is 1.43. The molecule has 0 aliphatic heterocycles. The number of carbonyl (C=O) groups excluding carboxylic acids is 1. The van der Waals surface area contributed by atoms with Gasteiger partial charge in [0.1, 0.15) is 11.6 Å². The molecule has 98 valence electrons. The third-order valence-electron chi connectivity index (χ3n) is 2.69. The van der Waals surface area contributed by atoms with Gasteiger partial charge in [-0.3, -0.25) is 4.79 Å². The molecule has 0 saturated carbocycles. The highest BCUT2D eigenvalue weighted by atomic mass is 19.1. The van der Waals surface area contributed by atoms with Crippen LogP contribution in [-0.2, 0) is 6.54 Å². The van der Waals surface area contributed by atoms with Gasteiger partial charge in [0, 0.05) is 19.8 Å². The van der Waals surface area contributed by atoms with Crippen molar-refractivity contribution in [3.63, 3.8) is 0 Å². The normalized spacial score (nSPS) is 10.2. The van der Waals surface area contributed by atoms with E-state index in [4.69, 9.17) is 5.73 Å². The monoisotopic (exact) mass is 259 g/mol. The van der Waals surface area contributed by atoms with Gasteiger partial charge in [-0.1, -0.05) is 12.1 Å². The summed E-state index contributed by atoms with van der Waals surface area (Å²) >= 11 is 0. The molecular weight excluding hydrogens is 245 g/mol. The molecule has 0 aliphatic rings. The first kappa shape index (κ1) is 13.0. The molecule has 0 unspecified atom stereocenters. The summed E-state index contributed by atoms with van der Waals surface area (Å²) in [5.41, 5.74) is 6.65. The molecule has 19 heavy (non-hydrogen) atoms. The number of nitrogens with two attached hydrogens (primary N) is 1. The third kappa shape index (κ3) is 3.28. The van der Waals surface area contributed by atoms with Crippen LogP contribution >= 0.6 is 0 Å². The van der Waals surface area contributed by atoms with Crippen LogP contribution in [0.2, 0.25) is 0 Å². The Kier molecular flexibility index (Phi) is 3.75. The average molecular weight is 259 g/mol. The molecule has 4 nitrogen and oxygen atoms in total. The highest BCUT2D eigenvalue weighted by Crippen LogP contribution is 2.10. The summed E-state index contributed by atoms with van der Waals surface area (Å²) in [5.74, 6) is -0.131. The highest BCUT2D eigenvalue weighted by molar-refractivity contribution is 5.93. The summed E-state index contributed by atoms with van der Waals surface area (Å²) in [4.78, 5) is 17.5. The molecule has 2 N–H and O–H groups in total. The number of pyridine rings is 1. The molecule has 2 aromatic rings. The number of anilines is 1. The molecule has 1 amide bonds. The highest BCUT2D eigenvalue weighted by Gasteiger charge is 2.12. The zero-order valence-electron chi connectivity index (χ0n) is 10.5. The minimum absolute atomic E-state index is 0.184. The second-order valence-corrected chi connectivity index (χ2v) is 4.26. The Hall–Kier alpha value is -2.43. The Bertz CT molecular complexity index is 583. The van der Waals surface area contributed by atoms with E-state index in [2.05, 4.69) is 4.98 Å². The van der Waals surface area contributed by atoms with Crippen molar-refractivity contribution >= 4 is 11.7 Å². The maximum absolute atomic E-state index is 13.1. The number of rotatable bonds is 3. The van der Waals surface area contributed by atoms with E-state index in [1.54, 1.807) is 31.3 Å². The number of nitrogen functional groups attached to an aromatic ring is 1. The second-order valence-electron chi connectivity index (χ2n) is 4.26. The maximum Gasteiger partial charge on any atom is 0.255 e. The zero-order valence-corrected chi connectivity index (χ0v) is 10.5. The Morgan fingerprint density at radius 2 is 2.16 bits per heavy atom. The summed E-state index contributed by atoms with van der Waals surface area (Å²) < 4.78 is 13.1. The van der Waals surface area contributed by atoms with Crippen LogP contribution in [0.3, 0.4) is 0 Å². The molecule has 0 fully saturated rings. The van der Waals surface area contributed by atoms with Gasteiger partial charge in [-0.05, 0) is 29.8 Å². The SMILES string of the molecule is CN(Cc1cccc(F)c1)C(=O)c1ccc(N)nc1. The number of nitrogens with zero attached hydrogens (tertiary/aromatic N) is 2. The molecule has 0 aliphatic carbocycles. The van der Waals surface area contributed by atoms with E-state index >= 15 is 0 Å². The number of amides is 1. The lowest BCUT2D eigenvalue weighted by Crippen LogP contribution is -2.26. The Morgan fingerprint density at radius 3 is 2.79 bits per heavy atom. The Morgan fingerprint density at radius 1 is 1.37 bits per heavy atom. The molecule has 5 heteroatoms. The minimum atomic E-state index is -0.312. The minimum Gasteiger partial charge on any atom is -0.384 e. The van der Waals surface area contributed by atoms with E-state index in [0.717, 1.165) is 5.56 Å². The van der Waals surface area contributed by atoms with Crippen molar-refractivity contribution in [2.45, 2.75) is 6.54 Å². The summed E-state index contributed by atoms with van der Waals surface area (Å²) in [5, 5.41) is 0. The van der Waals surface area contributed by atoms with Crippen LogP contribution in [0.1, 0.15) is 15.9 Å². The van der Waals surface area contributed by atoms with E-state index in [-0.39, 0.29) is 11.7 Å². The van der Waals surface area contributed by atoms with Crippen molar-refractivity contribution < 1.29 is 9.18 Å². The molecule has 0 atom stereocenters. The molecule has 0 saturated heterocycles. The lowest BCUT2D eigenvalue weighted by Gasteiger charge is -2.17. The smallest absolute Gasteiger partial charge is 0.255 e. The van der Waals surface area contributed by atoms with Crippen molar-refractivity contribution in [1.29, 1.82) is 0 Å². The molecule has 0 bridgehead atoms. The molecule has 0 radical (unpaired) electrons. The van der Waals surface area contributed by atoms with Gasteiger partial charge in [-0.25, -0.2) is 9.37 Å². The van der Waals surface area contributed by atoms with Gasteiger partial charge >= 0.3 is 0 Å². The second kappa shape index (κ2) is 5.48. The van der Waals surface area contributed by atoms with Crippen LogP contribution in [0.15, 0.2) is 42.6 Å². The van der Waals surface area contributed by atoms with Gasteiger partial charge < -0.3 is 10.6 Å². The fraction of sp³-hybridized carbons (Fsp3) is 0.143. The molecule has 0 spiro atoms. The largest absolute Gasteiger partial charge is 0.384 e. The van der Waals surface area contributed by atoms with Gasteiger partial charge in [0.05, 0.1) is 5.56 Å². The first-order valence-electron chi connectivity index (χ1n) is 5.77. The molecule has 1 aromatic heterocycles. The van der Waals surface area contributed by atoms with Gasteiger partial charge in [0.2, 0.25) is 0 Å². The molecule has 1 aromatic carbocycles. The summed E-state index contributed by atoms with van der Waals surface area (Å²) in [6, 6.07) is 9.36. The topological polar surface area (TPSA) is 59.2 Å². The summed E-state index contributed by atoms with van der Waals surface area (Å²) in [7, 11) is 1.66. The van der Waals surface area contributed by atoms with Crippen molar-refractivity contribution in [2.24, 2.45) is 0 Å². The number of hydrogen-bond donors (Lipinski definition) is 1. The third-order valence-corrected chi connectivity index (χ3v) is 2.69. The summed E-state index contributed by atoms with van der Waals surface area (Å²) in [6.45, 7) is 0.334. The van der Waals surface area contributed by atoms with Crippen molar-refractivity contribution in [3.05, 3.63) is 59.5 Å². The van der Waals surface area contributed by atoms with Crippen molar-refractivity contribution in [3.8, 4) is 0 Å². The zero-order chi connectivity index (χ0) is 13.8. The van der Waals surface area contributed by atoms with Crippen molar-refractivity contribution in [2.75, 3.05) is 12.8 Å². The number of halogens is 1. The number of hydrogen-bond acceptors (Lipinski definition) is 3. The van der Waals surface area contributed by atoms with Crippen molar-refractivity contribution in [1.82, 2.24) is 9.88 Å². The lowest BCUT2D eigenvalue weighted by atomic mass is 10.2. The van der Waals surface area contributed by atoms with Gasteiger partial charge in [-0.15, -0.1) is 0 Å². The van der Waals surface area contributed by atoms with Gasteiger partial charge in [0.25, 0.3) is 5.91 Å². The van der Waals surface area contributed by atoms with Gasteiger partial charge in [-0.2, -0.15) is 0 Å². The lowest BCUT2D eigenvalue weighted by molar-refractivity contribution is 0.0784. The first-order chi connectivity index (χ1) is 9.06. The molecular formula is C14H14FN3O. The van der Waals surface area contributed by atoms with Crippen LogP contribution in [0, 0.1) is 5.82 Å². The standard InChI is InChI=1S/C14H14FN3O/c1-18(9-10-3-2-4-12(15)7-10)14(19)11-5-6-13(16)17-8-11/h2-8H,9H2,1H3,(H2,16,17). The van der Waals surface area contributed by atoms with Crippen LogP contribution in [0.4, 0.5) is 10.2 Å². The maximum atomic E-state index is 13.1.